The molecule has 0 unspecified atom stereocenters. The molecular formula is C20H19F3N4O3. The molecule has 3 heterocycles. The van der Waals surface area contributed by atoms with E-state index in [-0.39, 0.29) is 34.7 Å². The topological polar surface area (TPSA) is 79.7 Å². The fourth-order valence-corrected chi connectivity index (χ4v) is 3.58. The lowest BCUT2D eigenvalue weighted by molar-refractivity contribution is -0.140. The van der Waals surface area contributed by atoms with Crippen molar-refractivity contribution in [3.63, 3.8) is 0 Å². The number of morpholine rings is 1. The number of halogens is 3. The fourth-order valence-electron chi connectivity index (χ4n) is 3.58. The van der Waals surface area contributed by atoms with Gasteiger partial charge in [-0.2, -0.15) is 22.8 Å². The number of nitrogens with one attached hydrogen (secondary N) is 1. The first kappa shape index (κ1) is 20.1. The summed E-state index contributed by atoms with van der Waals surface area (Å²) in [7, 11) is 0. The van der Waals surface area contributed by atoms with E-state index in [1.165, 1.54) is 12.1 Å². The molecule has 0 atom stereocenters. The summed E-state index contributed by atoms with van der Waals surface area (Å²) in [4.78, 5) is 30.0. The Morgan fingerprint density at radius 1 is 1.20 bits per heavy atom. The van der Waals surface area contributed by atoms with E-state index in [9.17, 15) is 22.8 Å². The van der Waals surface area contributed by atoms with Gasteiger partial charge in [-0.3, -0.25) is 9.59 Å². The maximum absolute atomic E-state index is 13.7. The molecule has 2 aromatic heterocycles. The number of hydrogen-bond acceptors (Lipinski definition) is 4. The molecule has 30 heavy (non-hydrogen) atoms. The first-order chi connectivity index (χ1) is 14.3. The zero-order valence-corrected chi connectivity index (χ0v) is 16.1. The fraction of sp³-hybridized carbons (Fsp3) is 0.350. The third-order valence-corrected chi connectivity index (χ3v) is 5.12. The smallest absolute Gasteiger partial charge is 0.378 e. The summed E-state index contributed by atoms with van der Waals surface area (Å²) in [5, 5.41) is 3.58. The Bertz CT molecular complexity index is 1150. The lowest BCUT2D eigenvalue weighted by Gasteiger charge is -2.26. The molecule has 1 aromatic carbocycles. The van der Waals surface area contributed by atoms with Crippen LogP contribution in [0.5, 0.6) is 0 Å². The number of alkyl halides is 3. The van der Waals surface area contributed by atoms with Crippen LogP contribution in [-0.2, 0) is 22.1 Å². The Morgan fingerprint density at radius 3 is 2.50 bits per heavy atom. The van der Waals surface area contributed by atoms with Gasteiger partial charge in [-0.25, -0.2) is 0 Å². The predicted octanol–water partition coefficient (Wildman–Crippen LogP) is 2.42. The average Bonchev–Trinajstić information content (AvgIpc) is 3.12. The number of nitrogens with zero attached hydrogens (tertiary/aromatic N) is 3. The first-order valence-corrected chi connectivity index (χ1v) is 9.40. The Morgan fingerprint density at radius 2 is 1.87 bits per heavy atom. The lowest BCUT2D eigenvalue weighted by Crippen LogP contribution is -2.42. The molecule has 0 aliphatic carbocycles. The van der Waals surface area contributed by atoms with Crippen molar-refractivity contribution in [1.29, 1.82) is 0 Å². The van der Waals surface area contributed by atoms with Crippen LogP contribution in [0.2, 0.25) is 0 Å². The molecular weight excluding hydrogens is 401 g/mol. The van der Waals surface area contributed by atoms with Gasteiger partial charge in [0.25, 0.3) is 5.56 Å². The van der Waals surface area contributed by atoms with E-state index in [1.54, 1.807) is 30.0 Å². The summed E-state index contributed by atoms with van der Waals surface area (Å²) >= 11 is 0. The van der Waals surface area contributed by atoms with Crippen molar-refractivity contribution in [2.75, 3.05) is 26.3 Å². The predicted molar refractivity (Wildman–Crippen MR) is 102 cm³/mol. The van der Waals surface area contributed by atoms with Gasteiger partial charge in [-0.05, 0) is 12.5 Å². The number of carbonyl (C=O) groups excluding carboxylic acids is 1. The molecule has 0 radical (unpaired) electrons. The van der Waals surface area contributed by atoms with Crippen LogP contribution < -0.4 is 5.56 Å². The Hall–Kier alpha value is -3.14. The summed E-state index contributed by atoms with van der Waals surface area (Å²) in [6.45, 7) is 3.22. The summed E-state index contributed by atoms with van der Waals surface area (Å²) in [6, 6.07) is 7.95. The van der Waals surface area contributed by atoms with Crippen molar-refractivity contribution < 1.29 is 22.7 Å². The third-order valence-electron chi connectivity index (χ3n) is 5.12. The molecule has 1 aliphatic heterocycles. The number of ether oxygens (including phenoxy) is 1. The summed E-state index contributed by atoms with van der Waals surface area (Å²) in [5.41, 5.74) is -1.44. The number of rotatable bonds is 3. The van der Waals surface area contributed by atoms with Crippen LogP contribution in [0, 0.1) is 6.92 Å². The summed E-state index contributed by atoms with van der Waals surface area (Å²) in [5.74, 6) is -0.280. The van der Waals surface area contributed by atoms with Gasteiger partial charge in [0.05, 0.1) is 25.2 Å². The van der Waals surface area contributed by atoms with Crippen LogP contribution in [0.3, 0.4) is 0 Å². The number of aryl methyl sites for hydroxylation is 1. The van der Waals surface area contributed by atoms with E-state index in [0.29, 0.717) is 36.5 Å². The largest absolute Gasteiger partial charge is 0.435 e. The first-order valence-electron chi connectivity index (χ1n) is 9.40. The highest BCUT2D eigenvalue weighted by Crippen LogP contribution is 2.38. The normalized spacial score (nSPS) is 15.0. The van der Waals surface area contributed by atoms with E-state index in [1.807, 2.05) is 0 Å². The summed E-state index contributed by atoms with van der Waals surface area (Å²) in [6.07, 6.45) is -4.98. The molecule has 1 amide bonds. The highest BCUT2D eigenvalue weighted by Gasteiger charge is 2.39. The Labute approximate surface area is 169 Å². The molecule has 0 bridgehead atoms. The third kappa shape index (κ3) is 3.58. The van der Waals surface area contributed by atoms with Gasteiger partial charge in [0.1, 0.15) is 5.65 Å². The van der Waals surface area contributed by atoms with Crippen LogP contribution in [0.4, 0.5) is 13.2 Å². The van der Waals surface area contributed by atoms with E-state index in [0.717, 1.165) is 0 Å². The molecule has 10 heteroatoms. The number of aromatic nitrogens is 3. The number of benzene rings is 1. The van der Waals surface area contributed by atoms with E-state index >= 15 is 0 Å². The SMILES string of the molecule is Cc1[nH]c2c(-c3ccccc3)c(C(F)(F)F)nn2c(=O)c1CC(=O)N1CCOCC1. The second-order valence-corrected chi connectivity index (χ2v) is 7.05. The molecule has 0 spiro atoms. The number of amides is 1. The number of fused-ring (bicyclic) bond motifs is 1. The van der Waals surface area contributed by atoms with Crippen molar-refractivity contribution >= 4 is 11.6 Å². The molecule has 158 valence electrons. The minimum atomic E-state index is -4.75. The van der Waals surface area contributed by atoms with Crippen LogP contribution in [0.1, 0.15) is 17.0 Å². The van der Waals surface area contributed by atoms with Crippen molar-refractivity contribution in [1.82, 2.24) is 19.5 Å². The second kappa shape index (κ2) is 7.60. The lowest BCUT2D eigenvalue weighted by atomic mass is 10.1. The maximum atomic E-state index is 13.7. The highest BCUT2D eigenvalue weighted by atomic mass is 19.4. The number of aromatic amines is 1. The average molecular weight is 420 g/mol. The molecule has 0 saturated carbocycles. The Balaban J connectivity index is 1.85. The minimum Gasteiger partial charge on any atom is -0.378 e. The monoisotopic (exact) mass is 420 g/mol. The zero-order chi connectivity index (χ0) is 21.5. The standard InChI is InChI=1S/C20H19F3N4O3/c1-12-14(11-15(28)26-7-9-30-10-8-26)19(29)27-18(24-12)16(13-5-3-2-4-6-13)17(25-27)20(21,22)23/h2-6,24H,7-11H2,1H3. The zero-order valence-electron chi connectivity index (χ0n) is 16.1. The van der Waals surface area contributed by atoms with E-state index in [2.05, 4.69) is 10.1 Å². The van der Waals surface area contributed by atoms with Gasteiger partial charge in [-0.15, -0.1) is 0 Å². The second-order valence-electron chi connectivity index (χ2n) is 7.05. The molecule has 4 rings (SSSR count). The maximum Gasteiger partial charge on any atom is 0.435 e. The van der Waals surface area contributed by atoms with Gasteiger partial charge in [-0.1, -0.05) is 30.3 Å². The number of H-pyrrole nitrogens is 1. The number of carbonyl (C=O) groups is 1. The van der Waals surface area contributed by atoms with Gasteiger partial charge in [0, 0.05) is 24.3 Å². The minimum absolute atomic E-state index is 0.0569. The van der Waals surface area contributed by atoms with Crippen LogP contribution in [-0.4, -0.2) is 51.7 Å². The molecule has 1 fully saturated rings. The van der Waals surface area contributed by atoms with Crippen molar-refractivity contribution in [3.05, 3.63) is 57.6 Å². The number of hydrogen-bond donors (Lipinski definition) is 1. The molecule has 1 saturated heterocycles. The van der Waals surface area contributed by atoms with Crippen LogP contribution >= 0.6 is 0 Å². The van der Waals surface area contributed by atoms with Gasteiger partial charge >= 0.3 is 6.18 Å². The van der Waals surface area contributed by atoms with Gasteiger partial charge in [0.2, 0.25) is 5.91 Å². The molecule has 1 aliphatic rings. The van der Waals surface area contributed by atoms with Gasteiger partial charge in [0.15, 0.2) is 5.69 Å². The molecule has 3 aromatic rings. The van der Waals surface area contributed by atoms with E-state index < -0.39 is 17.4 Å². The molecule has 7 nitrogen and oxygen atoms in total. The highest BCUT2D eigenvalue weighted by molar-refractivity contribution is 5.82. The van der Waals surface area contributed by atoms with Crippen molar-refractivity contribution in [2.24, 2.45) is 0 Å². The van der Waals surface area contributed by atoms with Crippen LogP contribution in [0.15, 0.2) is 35.1 Å². The quantitative estimate of drug-likeness (QED) is 0.706. The van der Waals surface area contributed by atoms with E-state index in [4.69, 9.17) is 4.74 Å². The van der Waals surface area contributed by atoms with Crippen molar-refractivity contribution in [3.8, 4) is 11.1 Å². The van der Waals surface area contributed by atoms with Gasteiger partial charge < -0.3 is 14.6 Å². The molecule has 1 N–H and O–H groups in total. The Kier molecular flexibility index (Phi) is 5.10. The summed E-state index contributed by atoms with van der Waals surface area (Å²) < 4.78 is 47.0. The van der Waals surface area contributed by atoms with Crippen molar-refractivity contribution in [2.45, 2.75) is 19.5 Å². The van der Waals surface area contributed by atoms with Crippen LogP contribution in [0.25, 0.3) is 16.8 Å².